The van der Waals surface area contributed by atoms with Gasteiger partial charge in [0.15, 0.2) is 0 Å². The van der Waals surface area contributed by atoms with Crippen molar-refractivity contribution in [3.63, 3.8) is 0 Å². The molecule has 0 radical (unpaired) electrons. The van der Waals surface area contributed by atoms with Crippen LogP contribution >= 0.6 is 0 Å². The van der Waals surface area contributed by atoms with Crippen LogP contribution in [0.1, 0.15) is 92.9 Å². The lowest BCUT2D eigenvalue weighted by molar-refractivity contribution is -0.183. The fourth-order valence-corrected chi connectivity index (χ4v) is 9.38. The van der Waals surface area contributed by atoms with Gasteiger partial charge in [-0.2, -0.15) is 0 Å². The van der Waals surface area contributed by atoms with Crippen LogP contribution in [0.25, 0.3) is 0 Å². The van der Waals surface area contributed by atoms with Gasteiger partial charge in [0.1, 0.15) is 17.8 Å². The lowest BCUT2D eigenvalue weighted by Gasteiger charge is -2.60. The van der Waals surface area contributed by atoms with Gasteiger partial charge in [-0.1, -0.05) is 31.1 Å². The van der Waals surface area contributed by atoms with E-state index < -0.39 is 17.8 Å². The zero-order chi connectivity index (χ0) is 26.2. The highest BCUT2D eigenvalue weighted by Crippen LogP contribution is 2.68. The number of carbonyl (C=O) groups excluding carboxylic acids is 2. The number of cyclic esters (lactones) is 1. The topological polar surface area (TPSA) is 93.1 Å². The Morgan fingerprint density at radius 2 is 1.89 bits per heavy atom. The fraction of sp³-hybridized carbons (Fsp3) is 0.800. The van der Waals surface area contributed by atoms with Crippen molar-refractivity contribution in [2.75, 3.05) is 0 Å². The number of allylic oxidation sites excluding steroid dienone is 1. The van der Waals surface area contributed by atoms with Crippen LogP contribution in [-0.2, 0) is 19.1 Å². The summed E-state index contributed by atoms with van der Waals surface area (Å²) < 4.78 is 11.3. The molecular weight excluding hydrogens is 456 g/mol. The zero-order valence-electron chi connectivity index (χ0n) is 22.8. The first kappa shape index (κ1) is 26.0. The third kappa shape index (κ3) is 3.73. The number of ether oxygens (including phenoxy) is 2. The summed E-state index contributed by atoms with van der Waals surface area (Å²) in [5.74, 6) is 0.765. The van der Waals surface area contributed by atoms with Gasteiger partial charge < -0.3 is 19.7 Å². The third-order valence-electron chi connectivity index (χ3n) is 11.5. The molecule has 36 heavy (non-hydrogen) atoms. The molecule has 2 N–H and O–H groups in total. The van der Waals surface area contributed by atoms with Crippen LogP contribution in [-0.4, -0.2) is 46.1 Å². The standard InChI is InChI=1S/C30H44O6/c1-16-13-26(36-27(33)17(16)2)30(6,34)24-10-9-22-21-8-7-19-14-20(35-18(3)31)15-25(32)29(19,5)23(21)11-12-28(22,24)4/h7,20-26,32,34H,8-15H2,1-6H3/t20-,21+,22+,23+,24+,25+,26-,28+,29+,30-/m1/s1. The predicted octanol–water partition coefficient (Wildman–Crippen LogP) is 4.87. The molecule has 1 aliphatic heterocycles. The number of aliphatic hydroxyl groups is 2. The lowest BCUT2D eigenvalue weighted by atomic mass is 9.46. The molecule has 1 heterocycles. The van der Waals surface area contributed by atoms with Crippen LogP contribution in [0.4, 0.5) is 0 Å². The van der Waals surface area contributed by atoms with E-state index in [1.165, 1.54) is 12.5 Å². The van der Waals surface area contributed by atoms with E-state index in [2.05, 4.69) is 19.9 Å². The molecule has 0 saturated heterocycles. The average molecular weight is 501 g/mol. The van der Waals surface area contributed by atoms with E-state index in [0.717, 1.165) is 44.1 Å². The molecular formula is C30H44O6. The van der Waals surface area contributed by atoms with Crippen molar-refractivity contribution < 1.29 is 29.3 Å². The molecule has 4 aliphatic carbocycles. The van der Waals surface area contributed by atoms with E-state index >= 15 is 0 Å². The Labute approximate surface area is 215 Å². The largest absolute Gasteiger partial charge is 0.462 e. The average Bonchev–Trinajstić information content (AvgIpc) is 3.15. The van der Waals surface area contributed by atoms with Gasteiger partial charge in [0.25, 0.3) is 0 Å². The second kappa shape index (κ2) is 8.69. The maximum absolute atomic E-state index is 12.5. The van der Waals surface area contributed by atoms with Crippen molar-refractivity contribution >= 4 is 11.9 Å². The number of hydrogen-bond donors (Lipinski definition) is 2. The van der Waals surface area contributed by atoms with Gasteiger partial charge in [0, 0.05) is 37.2 Å². The Morgan fingerprint density at radius 1 is 1.17 bits per heavy atom. The molecule has 5 aliphatic rings. The zero-order valence-corrected chi connectivity index (χ0v) is 22.8. The highest BCUT2D eigenvalue weighted by Gasteiger charge is 2.64. The SMILES string of the molecule is CC(=O)O[C@@H]1CC2=CC[C@H]3[C@@H]4CC[C@H]([C@@](C)(O)[C@H]5CC(C)=C(C)C(=O)O5)[C@@]4(C)CC[C@@H]3[C@@]2(C)[C@@H](O)C1. The first-order chi connectivity index (χ1) is 16.8. The number of rotatable bonds is 3. The van der Waals surface area contributed by atoms with Crippen LogP contribution < -0.4 is 0 Å². The first-order valence-electron chi connectivity index (χ1n) is 13.9. The number of fused-ring (bicyclic) bond motifs is 5. The molecule has 6 heteroatoms. The van der Waals surface area contributed by atoms with E-state index in [9.17, 15) is 19.8 Å². The fourth-order valence-electron chi connectivity index (χ4n) is 9.38. The molecule has 10 atom stereocenters. The molecule has 3 saturated carbocycles. The molecule has 0 aromatic heterocycles. The number of carbonyl (C=O) groups is 2. The van der Waals surface area contributed by atoms with Crippen molar-refractivity contribution in [3.05, 3.63) is 22.8 Å². The van der Waals surface area contributed by atoms with Gasteiger partial charge >= 0.3 is 11.9 Å². The monoisotopic (exact) mass is 500 g/mol. The summed E-state index contributed by atoms with van der Waals surface area (Å²) in [4.78, 5) is 24.0. The van der Waals surface area contributed by atoms with Crippen molar-refractivity contribution in [3.8, 4) is 0 Å². The van der Waals surface area contributed by atoms with Crippen LogP contribution in [0.2, 0.25) is 0 Å². The van der Waals surface area contributed by atoms with Gasteiger partial charge in [-0.15, -0.1) is 0 Å². The van der Waals surface area contributed by atoms with E-state index in [-0.39, 0.29) is 34.8 Å². The van der Waals surface area contributed by atoms with Crippen LogP contribution in [0.15, 0.2) is 22.8 Å². The molecule has 0 spiro atoms. The molecule has 5 rings (SSSR count). The normalized spacial score (nSPS) is 46.1. The highest BCUT2D eigenvalue weighted by atomic mass is 16.6. The second-order valence-electron chi connectivity index (χ2n) is 13.2. The summed E-state index contributed by atoms with van der Waals surface area (Å²) in [5.41, 5.74) is 1.51. The summed E-state index contributed by atoms with van der Waals surface area (Å²) in [6.45, 7) is 11.7. The smallest absolute Gasteiger partial charge is 0.334 e. The summed E-state index contributed by atoms with van der Waals surface area (Å²) >= 11 is 0. The van der Waals surface area contributed by atoms with Gasteiger partial charge in [0.05, 0.1) is 6.10 Å². The molecule has 0 aromatic rings. The third-order valence-corrected chi connectivity index (χ3v) is 11.5. The van der Waals surface area contributed by atoms with Crippen molar-refractivity contribution in [1.29, 1.82) is 0 Å². The number of hydrogen-bond acceptors (Lipinski definition) is 6. The minimum absolute atomic E-state index is 0.0389. The summed E-state index contributed by atoms with van der Waals surface area (Å²) in [7, 11) is 0. The van der Waals surface area contributed by atoms with E-state index in [1.807, 2.05) is 13.8 Å². The van der Waals surface area contributed by atoms with Crippen LogP contribution in [0, 0.1) is 34.5 Å². The van der Waals surface area contributed by atoms with Gasteiger partial charge in [-0.3, -0.25) is 4.79 Å². The Kier molecular flexibility index (Phi) is 6.27. The van der Waals surface area contributed by atoms with E-state index in [1.54, 1.807) is 6.92 Å². The maximum atomic E-state index is 12.5. The quantitative estimate of drug-likeness (QED) is 0.424. The summed E-state index contributed by atoms with van der Waals surface area (Å²) in [6, 6.07) is 0. The minimum atomic E-state index is -1.09. The number of esters is 2. The van der Waals surface area contributed by atoms with Gasteiger partial charge in [0.2, 0.25) is 0 Å². The van der Waals surface area contributed by atoms with Crippen molar-refractivity contribution in [2.24, 2.45) is 34.5 Å². The molecule has 3 fully saturated rings. The lowest BCUT2D eigenvalue weighted by Crippen LogP contribution is -2.58. The van der Waals surface area contributed by atoms with E-state index in [4.69, 9.17) is 9.47 Å². The Hall–Kier alpha value is -1.66. The molecule has 0 amide bonds. The molecule has 6 nitrogen and oxygen atoms in total. The predicted molar refractivity (Wildman–Crippen MR) is 136 cm³/mol. The first-order valence-corrected chi connectivity index (χ1v) is 13.9. The molecule has 0 aromatic carbocycles. The van der Waals surface area contributed by atoms with Crippen molar-refractivity contribution in [2.45, 2.75) is 117 Å². The number of aliphatic hydroxyl groups excluding tert-OH is 1. The summed E-state index contributed by atoms with van der Waals surface area (Å²) in [6.07, 6.45) is 7.81. The highest BCUT2D eigenvalue weighted by molar-refractivity contribution is 5.89. The van der Waals surface area contributed by atoms with Crippen LogP contribution in [0.5, 0.6) is 0 Å². The molecule has 0 bridgehead atoms. The summed E-state index contributed by atoms with van der Waals surface area (Å²) in [5, 5.41) is 23.3. The van der Waals surface area contributed by atoms with Crippen LogP contribution in [0.3, 0.4) is 0 Å². The van der Waals surface area contributed by atoms with E-state index in [0.29, 0.717) is 36.2 Å². The maximum Gasteiger partial charge on any atom is 0.334 e. The van der Waals surface area contributed by atoms with Crippen molar-refractivity contribution in [1.82, 2.24) is 0 Å². The Balaban J connectivity index is 1.40. The second-order valence-corrected chi connectivity index (χ2v) is 13.2. The molecule has 0 unspecified atom stereocenters. The minimum Gasteiger partial charge on any atom is -0.462 e. The van der Waals surface area contributed by atoms with Gasteiger partial charge in [-0.25, -0.2) is 4.79 Å². The Bertz CT molecular complexity index is 1010. The van der Waals surface area contributed by atoms with Gasteiger partial charge in [-0.05, 0) is 82.0 Å². The Morgan fingerprint density at radius 3 is 2.56 bits per heavy atom. The molecule has 200 valence electrons.